The van der Waals surface area contributed by atoms with Gasteiger partial charge >= 0.3 is 0 Å². The van der Waals surface area contributed by atoms with Crippen LogP contribution in [-0.4, -0.2) is 5.11 Å². The van der Waals surface area contributed by atoms with Crippen LogP contribution in [0.3, 0.4) is 0 Å². The van der Waals surface area contributed by atoms with E-state index in [1.54, 1.807) is 12.1 Å². The quantitative estimate of drug-likeness (QED) is 0.742. The van der Waals surface area contributed by atoms with E-state index in [4.69, 9.17) is 0 Å². The molecular formula is C15H15NO. The second kappa shape index (κ2) is 3.78. The highest BCUT2D eigenvalue weighted by Crippen LogP contribution is 2.35. The fraction of sp³-hybridized carbons (Fsp3) is 0.267. The average Bonchev–Trinajstić information content (AvgIpc) is 2.25. The zero-order chi connectivity index (χ0) is 12.6. The summed E-state index contributed by atoms with van der Waals surface area (Å²) in [5.41, 5.74) is 1.56. The van der Waals surface area contributed by atoms with Gasteiger partial charge in [-0.05, 0) is 34.6 Å². The molecule has 0 aliphatic rings. The van der Waals surface area contributed by atoms with Crippen molar-refractivity contribution >= 4 is 10.8 Å². The molecule has 0 spiro atoms. The zero-order valence-corrected chi connectivity index (χ0v) is 10.3. The van der Waals surface area contributed by atoms with Gasteiger partial charge in [-0.25, -0.2) is 0 Å². The Labute approximate surface area is 101 Å². The van der Waals surface area contributed by atoms with Gasteiger partial charge in [-0.1, -0.05) is 32.9 Å². The maximum absolute atomic E-state index is 9.76. The largest absolute Gasteiger partial charge is 0.508 e. The fourth-order valence-electron chi connectivity index (χ4n) is 2.10. The first-order chi connectivity index (χ1) is 7.93. The van der Waals surface area contributed by atoms with Crippen LogP contribution in [0, 0.1) is 11.3 Å². The number of benzene rings is 2. The van der Waals surface area contributed by atoms with Crippen molar-refractivity contribution in [3.05, 3.63) is 41.5 Å². The predicted molar refractivity (Wildman–Crippen MR) is 69.0 cm³/mol. The molecule has 0 aliphatic carbocycles. The lowest BCUT2D eigenvalue weighted by Gasteiger charge is -2.22. The Hall–Kier alpha value is -2.01. The Bertz CT molecular complexity index is 615. The van der Waals surface area contributed by atoms with Crippen LogP contribution < -0.4 is 0 Å². The van der Waals surface area contributed by atoms with Crippen LogP contribution in [0.15, 0.2) is 30.3 Å². The van der Waals surface area contributed by atoms with Gasteiger partial charge in [0.25, 0.3) is 0 Å². The van der Waals surface area contributed by atoms with Gasteiger partial charge < -0.3 is 5.11 Å². The number of nitrogens with zero attached hydrogens (tertiary/aromatic N) is 1. The van der Waals surface area contributed by atoms with E-state index in [2.05, 4.69) is 26.8 Å². The Kier molecular flexibility index (Phi) is 2.55. The number of hydrogen-bond acceptors (Lipinski definition) is 2. The van der Waals surface area contributed by atoms with Crippen LogP contribution in [0.1, 0.15) is 31.9 Å². The second-order valence-electron chi connectivity index (χ2n) is 5.26. The molecule has 0 aliphatic heterocycles. The molecule has 2 rings (SSSR count). The molecule has 0 saturated carbocycles. The molecule has 2 heteroatoms. The van der Waals surface area contributed by atoms with E-state index in [1.165, 1.54) is 0 Å². The van der Waals surface area contributed by atoms with Crippen molar-refractivity contribution in [3.63, 3.8) is 0 Å². The highest BCUT2D eigenvalue weighted by atomic mass is 16.3. The third-order valence-electron chi connectivity index (χ3n) is 2.89. The minimum atomic E-state index is -0.107. The maximum atomic E-state index is 9.76. The summed E-state index contributed by atoms with van der Waals surface area (Å²) in [4.78, 5) is 0. The molecule has 0 saturated heterocycles. The Balaban J connectivity index is 2.96. The lowest BCUT2D eigenvalue weighted by molar-refractivity contribution is 0.472. The molecule has 0 aromatic heterocycles. The first kappa shape index (κ1) is 11.5. The molecule has 0 fully saturated rings. The van der Waals surface area contributed by atoms with Crippen LogP contribution >= 0.6 is 0 Å². The minimum Gasteiger partial charge on any atom is -0.508 e. The topological polar surface area (TPSA) is 44.0 Å². The van der Waals surface area contributed by atoms with Gasteiger partial charge in [0, 0.05) is 5.39 Å². The van der Waals surface area contributed by atoms with E-state index in [1.807, 2.05) is 18.2 Å². The van der Waals surface area contributed by atoms with Crippen LogP contribution in [0.25, 0.3) is 10.8 Å². The lowest BCUT2D eigenvalue weighted by atomic mass is 9.82. The Morgan fingerprint density at radius 3 is 2.47 bits per heavy atom. The van der Waals surface area contributed by atoms with Gasteiger partial charge in [0.15, 0.2) is 0 Å². The van der Waals surface area contributed by atoms with Gasteiger partial charge in [0.1, 0.15) is 5.75 Å². The van der Waals surface area contributed by atoms with E-state index < -0.39 is 0 Å². The summed E-state index contributed by atoms with van der Waals surface area (Å²) in [5.74, 6) is 0.248. The van der Waals surface area contributed by atoms with Crippen molar-refractivity contribution in [3.8, 4) is 11.8 Å². The summed E-state index contributed by atoms with van der Waals surface area (Å²) >= 11 is 0. The van der Waals surface area contributed by atoms with E-state index in [0.29, 0.717) is 5.56 Å². The lowest BCUT2D eigenvalue weighted by Crippen LogP contribution is -2.12. The number of nitriles is 1. The summed E-state index contributed by atoms with van der Waals surface area (Å²) in [6.07, 6.45) is 0. The number of phenolic OH excluding ortho intramolecular Hbond substituents is 1. The third kappa shape index (κ3) is 1.97. The molecule has 2 aromatic carbocycles. The van der Waals surface area contributed by atoms with Crippen LogP contribution in [0.5, 0.6) is 5.75 Å². The first-order valence-electron chi connectivity index (χ1n) is 5.60. The number of fused-ring (bicyclic) bond motifs is 1. The van der Waals surface area contributed by atoms with E-state index in [-0.39, 0.29) is 11.2 Å². The van der Waals surface area contributed by atoms with E-state index >= 15 is 0 Å². The van der Waals surface area contributed by atoms with Crippen LogP contribution in [0.4, 0.5) is 0 Å². The summed E-state index contributed by atoms with van der Waals surface area (Å²) in [6.45, 7) is 6.24. The van der Waals surface area contributed by atoms with Crippen molar-refractivity contribution in [2.45, 2.75) is 26.2 Å². The van der Waals surface area contributed by atoms with Crippen molar-refractivity contribution in [2.75, 3.05) is 0 Å². The molecule has 0 bridgehead atoms. The number of phenols is 1. The Morgan fingerprint density at radius 1 is 1.18 bits per heavy atom. The van der Waals surface area contributed by atoms with Crippen molar-refractivity contribution < 1.29 is 5.11 Å². The predicted octanol–water partition coefficient (Wildman–Crippen LogP) is 3.71. The molecular weight excluding hydrogens is 210 g/mol. The molecule has 0 atom stereocenters. The fourth-order valence-corrected chi connectivity index (χ4v) is 2.10. The zero-order valence-electron chi connectivity index (χ0n) is 10.3. The van der Waals surface area contributed by atoms with Crippen molar-refractivity contribution in [1.82, 2.24) is 0 Å². The van der Waals surface area contributed by atoms with E-state index in [9.17, 15) is 10.4 Å². The molecule has 2 nitrogen and oxygen atoms in total. The van der Waals surface area contributed by atoms with Crippen LogP contribution in [-0.2, 0) is 5.41 Å². The third-order valence-corrected chi connectivity index (χ3v) is 2.89. The summed E-state index contributed by atoms with van der Waals surface area (Å²) in [7, 11) is 0. The van der Waals surface area contributed by atoms with Crippen molar-refractivity contribution in [1.29, 1.82) is 5.26 Å². The van der Waals surface area contributed by atoms with Gasteiger partial charge in [-0.2, -0.15) is 5.26 Å². The number of aromatic hydroxyl groups is 1. The SMILES string of the molecule is CC(C)(C)c1cc(O)cc2cccc(C#N)c12. The van der Waals surface area contributed by atoms with Gasteiger partial charge in [-0.15, -0.1) is 0 Å². The van der Waals surface area contributed by atoms with Crippen molar-refractivity contribution in [2.24, 2.45) is 0 Å². The minimum absolute atomic E-state index is 0.107. The van der Waals surface area contributed by atoms with Gasteiger partial charge in [-0.3, -0.25) is 0 Å². The molecule has 1 N–H and O–H groups in total. The summed E-state index contributed by atoms with van der Waals surface area (Å²) < 4.78 is 0. The molecule has 0 radical (unpaired) electrons. The normalized spacial score (nSPS) is 11.4. The molecule has 17 heavy (non-hydrogen) atoms. The van der Waals surface area contributed by atoms with Gasteiger partial charge in [0.2, 0.25) is 0 Å². The highest BCUT2D eigenvalue weighted by Gasteiger charge is 2.19. The maximum Gasteiger partial charge on any atom is 0.116 e. The average molecular weight is 225 g/mol. The van der Waals surface area contributed by atoms with Crippen LogP contribution in [0.2, 0.25) is 0 Å². The summed E-state index contributed by atoms with van der Waals surface area (Å²) in [5, 5.41) is 20.8. The second-order valence-corrected chi connectivity index (χ2v) is 5.26. The monoisotopic (exact) mass is 225 g/mol. The molecule has 0 amide bonds. The number of rotatable bonds is 0. The Morgan fingerprint density at radius 2 is 1.88 bits per heavy atom. The summed E-state index contributed by atoms with van der Waals surface area (Å²) in [6, 6.07) is 11.2. The smallest absolute Gasteiger partial charge is 0.116 e. The highest BCUT2D eigenvalue weighted by molar-refractivity contribution is 5.92. The van der Waals surface area contributed by atoms with E-state index in [0.717, 1.165) is 16.3 Å². The standard InChI is InChI=1S/C15H15NO/c1-15(2,3)13-8-12(17)7-10-5-4-6-11(9-16)14(10)13/h4-8,17H,1-3H3. The van der Waals surface area contributed by atoms with Gasteiger partial charge in [0.05, 0.1) is 11.6 Å². The molecule has 2 aromatic rings. The molecule has 86 valence electrons. The molecule has 0 unspecified atom stereocenters. The molecule has 0 heterocycles. The first-order valence-corrected chi connectivity index (χ1v) is 5.60. The number of hydrogen-bond donors (Lipinski definition) is 1.